The first-order chi connectivity index (χ1) is 16.3. The van der Waals surface area contributed by atoms with Gasteiger partial charge in [0.1, 0.15) is 23.1 Å². The number of ketones is 1. The first-order valence-electron chi connectivity index (χ1n) is 10.6. The van der Waals surface area contributed by atoms with E-state index in [1.165, 1.54) is 43.4 Å². The fourth-order valence-corrected chi connectivity index (χ4v) is 4.43. The number of carbonyl (C=O) groups is 2. The van der Waals surface area contributed by atoms with Crippen molar-refractivity contribution < 1.29 is 28.6 Å². The maximum atomic E-state index is 13.6. The van der Waals surface area contributed by atoms with Gasteiger partial charge in [-0.1, -0.05) is 24.3 Å². The van der Waals surface area contributed by atoms with Crippen LogP contribution in [0.25, 0.3) is 5.76 Å². The van der Waals surface area contributed by atoms with Crippen LogP contribution in [0.2, 0.25) is 0 Å². The van der Waals surface area contributed by atoms with Crippen molar-refractivity contribution in [1.29, 1.82) is 0 Å². The van der Waals surface area contributed by atoms with Crippen LogP contribution in [-0.4, -0.2) is 31.0 Å². The van der Waals surface area contributed by atoms with E-state index >= 15 is 0 Å². The summed E-state index contributed by atoms with van der Waals surface area (Å²) in [5.74, 6) is -1.71. The van der Waals surface area contributed by atoms with Gasteiger partial charge in [-0.2, -0.15) is 0 Å². The molecule has 1 atom stereocenters. The van der Waals surface area contributed by atoms with Gasteiger partial charge in [0.25, 0.3) is 11.7 Å². The number of carbonyl (C=O) groups excluding carboxylic acids is 2. The van der Waals surface area contributed by atoms with E-state index in [2.05, 4.69) is 0 Å². The minimum Gasteiger partial charge on any atom is -0.507 e. The molecular formula is C27H24FNO5. The number of hydrogen-bond donors (Lipinski definition) is 1. The van der Waals surface area contributed by atoms with Crippen LogP contribution in [0.1, 0.15) is 28.3 Å². The van der Waals surface area contributed by atoms with Gasteiger partial charge in [0.15, 0.2) is 0 Å². The second kappa shape index (κ2) is 9.02. The van der Waals surface area contributed by atoms with Crippen molar-refractivity contribution in [3.8, 4) is 11.5 Å². The number of anilines is 1. The number of aryl methyl sites for hydroxylation is 2. The normalized spacial score (nSPS) is 17.2. The number of rotatable bonds is 5. The van der Waals surface area contributed by atoms with Gasteiger partial charge in [-0.15, -0.1) is 0 Å². The molecular weight excluding hydrogens is 437 g/mol. The Balaban J connectivity index is 2.04. The van der Waals surface area contributed by atoms with E-state index in [1.54, 1.807) is 30.3 Å². The predicted molar refractivity (Wildman–Crippen MR) is 127 cm³/mol. The lowest BCUT2D eigenvalue weighted by molar-refractivity contribution is -0.132. The van der Waals surface area contributed by atoms with Crippen LogP contribution in [0.4, 0.5) is 10.1 Å². The standard InChI is InChI=1S/C27H24FNO5/c1-15-13-16(2)26(34-4)20(14-15)24(30)22-23(19-7-5-6-8-21(19)33-3)29(27(32)25(22)31)18-11-9-17(28)10-12-18/h5-14,23,30H,1-4H3/b24-22+. The molecule has 3 aromatic carbocycles. The van der Waals surface area contributed by atoms with Crippen molar-refractivity contribution in [1.82, 2.24) is 0 Å². The van der Waals surface area contributed by atoms with Gasteiger partial charge in [-0.3, -0.25) is 14.5 Å². The molecule has 0 radical (unpaired) electrons. The number of methoxy groups -OCH3 is 2. The number of para-hydroxylation sites is 1. The molecule has 3 aromatic rings. The third-order valence-corrected chi connectivity index (χ3v) is 5.86. The van der Waals surface area contributed by atoms with Gasteiger partial charge < -0.3 is 14.6 Å². The van der Waals surface area contributed by atoms with E-state index in [0.29, 0.717) is 28.3 Å². The van der Waals surface area contributed by atoms with Crippen molar-refractivity contribution in [2.24, 2.45) is 0 Å². The van der Waals surface area contributed by atoms with E-state index < -0.39 is 23.5 Å². The van der Waals surface area contributed by atoms with Crippen LogP contribution in [0.3, 0.4) is 0 Å². The molecule has 0 saturated carbocycles. The summed E-state index contributed by atoms with van der Waals surface area (Å²) in [4.78, 5) is 27.9. The lowest BCUT2D eigenvalue weighted by atomic mass is 9.93. The molecule has 0 bridgehead atoms. The summed E-state index contributed by atoms with van der Waals surface area (Å²) in [6.45, 7) is 3.69. The number of hydrogen-bond acceptors (Lipinski definition) is 5. The minimum absolute atomic E-state index is 0.109. The van der Waals surface area contributed by atoms with Crippen LogP contribution >= 0.6 is 0 Å². The molecule has 4 rings (SSSR count). The highest BCUT2D eigenvalue weighted by molar-refractivity contribution is 6.51. The lowest BCUT2D eigenvalue weighted by Gasteiger charge is -2.26. The highest BCUT2D eigenvalue weighted by Crippen LogP contribution is 2.46. The smallest absolute Gasteiger partial charge is 0.300 e. The third kappa shape index (κ3) is 3.79. The molecule has 1 aliphatic heterocycles. The van der Waals surface area contributed by atoms with Crippen LogP contribution in [-0.2, 0) is 9.59 Å². The van der Waals surface area contributed by atoms with E-state index in [4.69, 9.17) is 9.47 Å². The average Bonchev–Trinajstić information content (AvgIpc) is 3.09. The Bertz CT molecular complexity index is 1310. The number of benzene rings is 3. The number of aliphatic hydroxyl groups is 1. The van der Waals surface area contributed by atoms with Gasteiger partial charge in [0.2, 0.25) is 0 Å². The summed E-state index contributed by atoms with van der Waals surface area (Å²) in [5, 5.41) is 11.5. The molecule has 1 fully saturated rings. The average molecular weight is 461 g/mol. The van der Waals surface area contributed by atoms with Crippen LogP contribution < -0.4 is 14.4 Å². The first-order valence-corrected chi connectivity index (χ1v) is 10.6. The largest absolute Gasteiger partial charge is 0.507 e. The SMILES string of the molecule is COc1ccccc1C1/C(=C(\O)c2cc(C)cc(C)c2OC)C(=O)C(=O)N1c1ccc(F)cc1. The quantitative estimate of drug-likeness (QED) is 0.326. The third-order valence-electron chi connectivity index (χ3n) is 5.86. The number of aliphatic hydroxyl groups excluding tert-OH is 1. The van der Waals surface area contributed by atoms with E-state index in [9.17, 15) is 19.1 Å². The molecule has 1 heterocycles. The van der Waals surface area contributed by atoms with Crippen LogP contribution in [0.5, 0.6) is 11.5 Å². The monoisotopic (exact) mass is 461 g/mol. The Morgan fingerprint density at radius 1 is 0.971 bits per heavy atom. The van der Waals surface area contributed by atoms with Crippen molar-refractivity contribution in [2.45, 2.75) is 19.9 Å². The molecule has 6 nitrogen and oxygen atoms in total. The van der Waals surface area contributed by atoms with Gasteiger partial charge in [0.05, 0.1) is 31.4 Å². The second-order valence-corrected chi connectivity index (χ2v) is 8.05. The highest BCUT2D eigenvalue weighted by atomic mass is 19.1. The van der Waals surface area contributed by atoms with Crippen molar-refractivity contribution >= 4 is 23.1 Å². The molecule has 1 unspecified atom stereocenters. The van der Waals surface area contributed by atoms with Gasteiger partial charge in [-0.25, -0.2) is 4.39 Å². The summed E-state index contributed by atoms with van der Waals surface area (Å²) in [6.07, 6.45) is 0. The van der Waals surface area contributed by atoms with Gasteiger partial charge in [-0.05, 0) is 61.4 Å². The number of Topliss-reactive ketones (excluding diaryl/α,β-unsaturated/α-hetero) is 1. The summed E-state index contributed by atoms with van der Waals surface area (Å²) in [7, 11) is 2.96. The Morgan fingerprint density at radius 2 is 1.65 bits per heavy atom. The molecule has 34 heavy (non-hydrogen) atoms. The fourth-order valence-electron chi connectivity index (χ4n) is 4.43. The molecule has 0 spiro atoms. The summed E-state index contributed by atoms with van der Waals surface area (Å²) in [5.41, 5.74) is 2.62. The fraction of sp³-hybridized carbons (Fsp3) is 0.185. The zero-order valence-corrected chi connectivity index (χ0v) is 19.3. The molecule has 7 heteroatoms. The molecule has 1 aliphatic rings. The van der Waals surface area contributed by atoms with Crippen molar-refractivity contribution in [2.75, 3.05) is 19.1 Å². The van der Waals surface area contributed by atoms with Crippen molar-refractivity contribution in [3.05, 3.63) is 94.3 Å². The predicted octanol–water partition coefficient (Wildman–Crippen LogP) is 5.09. The van der Waals surface area contributed by atoms with E-state index in [-0.39, 0.29) is 11.3 Å². The van der Waals surface area contributed by atoms with Gasteiger partial charge in [0, 0.05) is 11.3 Å². The van der Waals surface area contributed by atoms with E-state index in [0.717, 1.165) is 11.1 Å². The molecule has 1 amide bonds. The van der Waals surface area contributed by atoms with Gasteiger partial charge >= 0.3 is 0 Å². The summed E-state index contributed by atoms with van der Waals surface area (Å²) >= 11 is 0. The molecule has 0 aromatic heterocycles. The molecule has 1 N–H and O–H groups in total. The Morgan fingerprint density at radius 3 is 2.29 bits per heavy atom. The number of nitrogens with zero attached hydrogens (tertiary/aromatic N) is 1. The molecule has 0 aliphatic carbocycles. The number of halogens is 1. The van der Waals surface area contributed by atoms with Crippen molar-refractivity contribution in [3.63, 3.8) is 0 Å². The van der Waals surface area contributed by atoms with E-state index in [1.807, 2.05) is 19.9 Å². The maximum absolute atomic E-state index is 13.6. The highest BCUT2D eigenvalue weighted by Gasteiger charge is 2.48. The Labute approximate surface area is 196 Å². The van der Waals surface area contributed by atoms with Crippen LogP contribution in [0, 0.1) is 19.7 Å². The molecule has 1 saturated heterocycles. The zero-order chi connectivity index (χ0) is 24.6. The minimum atomic E-state index is -1.01. The number of ether oxygens (including phenoxy) is 2. The zero-order valence-electron chi connectivity index (χ0n) is 19.3. The summed E-state index contributed by atoms with van der Waals surface area (Å²) in [6, 6.07) is 14.8. The summed E-state index contributed by atoms with van der Waals surface area (Å²) < 4.78 is 24.6. The topological polar surface area (TPSA) is 76.1 Å². The lowest BCUT2D eigenvalue weighted by Crippen LogP contribution is -2.29. The first kappa shape index (κ1) is 23.0. The Hall–Kier alpha value is -4.13. The van der Waals surface area contributed by atoms with Crippen LogP contribution in [0.15, 0.2) is 66.2 Å². The maximum Gasteiger partial charge on any atom is 0.300 e. The molecule has 174 valence electrons. The number of amides is 1. The Kier molecular flexibility index (Phi) is 6.11. The second-order valence-electron chi connectivity index (χ2n) is 8.05.